The van der Waals surface area contributed by atoms with Gasteiger partial charge >= 0.3 is 0 Å². The van der Waals surface area contributed by atoms with Crippen molar-refractivity contribution in [3.8, 4) is 11.1 Å². The summed E-state index contributed by atoms with van der Waals surface area (Å²) >= 11 is 0. The third kappa shape index (κ3) is 1.96. The number of anilines is 1. The molecule has 0 amide bonds. The molecule has 0 bridgehead atoms. The van der Waals surface area contributed by atoms with Gasteiger partial charge in [-0.15, -0.1) is 0 Å². The Morgan fingerprint density at radius 3 is 2.80 bits per heavy atom. The predicted octanol–water partition coefficient (Wildman–Crippen LogP) is 2.29. The lowest BCUT2D eigenvalue weighted by molar-refractivity contribution is 1.04. The molecule has 0 aliphatic carbocycles. The van der Waals surface area contributed by atoms with Crippen LogP contribution in [-0.4, -0.2) is 9.97 Å². The van der Waals surface area contributed by atoms with Crippen LogP contribution in [0.5, 0.6) is 0 Å². The van der Waals surface area contributed by atoms with Crippen LogP contribution in [-0.2, 0) is 6.42 Å². The zero-order chi connectivity index (χ0) is 10.7. The lowest BCUT2D eigenvalue weighted by Crippen LogP contribution is -1.97. The van der Waals surface area contributed by atoms with Crippen LogP contribution in [0, 0.1) is 0 Å². The number of rotatable bonds is 2. The molecule has 0 radical (unpaired) electrons. The lowest BCUT2D eigenvalue weighted by Gasteiger charge is -2.07. The number of aromatic nitrogens is 2. The van der Waals surface area contributed by atoms with Crippen molar-refractivity contribution < 1.29 is 0 Å². The van der Waals surface area contributed by atoms with Gasteiger partial charge in [-0.1, -0.05) is 13.0 Å². The highest BCUT2D eigenvalue weighted by Gasteiger charge is 2.05. The summed E-state index contributed by atoms with van der Waals surface area (Å²) < 4.78 is 0. The monoisotopic (exact) mass is 199 g/mol. The van der Waals surface area contributed by atoms with Crippen molar-refractivity contribution in [3.05, 3.63) is 42.4 Å². The fraction of sp³-hybridized carbons (Fsp3) is 0.167. The fourth-order valence-corrected chi connectivity index (χ4v) is 1.57. The predicted molar refractivity (Wildman–Crippen MR) is 61.3 cm³/mol. The molecule has 76 valence electrons. The van der Waals surface area contributed by atoms with E-state index < -0.39 is 0 Å². The van der Waals surface area contributed by atoms with E-state index in [2.05, 4.69) is 16.9 Å². The minimum atomic E-state index is 0.569. The van der Waals surface area contributed by atoms with Gasteiger partial charge in [0.15, 0.2) is 0 Å². The maximum absolute atomic E-state index is 5.65. The first-order valence-corrected chi connectivity index (χ1v) is 4.97. The van der Waals surface area contributed by atoms with E-state index in [0.717, 1.165) is 23.2 Å². The zero-order valence-corrected chi connectivity index (χ0v) is 8.64. The highest BCUT2D eigenvalue weighted by Crippen LogP contribution is 2.22. The van der Waals surface area contributed by atoms with E-state index in [0.29, 0.717) is 5.82 Å². The third-order valence-corrected chi connectivity index (χ3v) is 2.30. The van der Waals surface area contributed by atoms with Crippen molar-refractivity contribution in [2.75, 3.05) is 5.73 Å². The van der Waals surface area contributed by atoms with Gasteiger partial charge in [-0.05, 0) is 24.6 Å². The van der Waals surface area contributed by atoms with E-state index in [1.165, 1.54) is 0 Å². The Morgan fingerprint density at radius 2 is 2.13 bits per heavy atom. The van der Waals surface area contributed by atoms with Gasteiger partial charge in [0, 0.05) is 23.5 Å². The lowest BCUT2D eigenvalue weighted by atomic mass is 10.0. The number of nitrogen functional groups attached to an aromatic ring is 1. The van der Waals surface area contributed by atoms with Crippen LogP contribution in [0.4, 0.5) is 5.82 Å². The molecule has 3 nitrogen and oxygen atoms in total. The molecule has 0 atom stereocenters. The summed E-state index contributed by atoms with van der Waals surface area (Å²) in [5.74, 6) is 0.569. The molecule has 0 saturated heterocycles. The van der Waals surface area contributed by atoms with E-state index >= 15 is 0 Å². The molecule has 2 rings (SSSR count). The van der Waals surface area contributed by atoms with Crippen LogP contribution in [0.2, 0.25) is 0 Å². The summed E-state index contributed by atoms with van der Waals surface area (Å²) in [7, 11) is 0. The Morgan fingerprint density at radius 1 is 1.27 bits per heavy atom. The molecule has 0 aromatic carbocycles. The summed E-state index contributed by atoms with van der Waals surface area (Å²) in [6.07, 6.45) is 4.47. The maximum atomic E-state index is 5.65. The number of hydrogen-bond acceptors (Lipinski definition) is 3. The van der Waals surface area contributed by atoms with Crippen molar-refractivity contribution in [1.82, 2.24) is 9.97 Å². The van der Waals surface area contributed by atoms with Crippen molar-refractivity contribution in [2.45, 2.75) is 13.3 Å². The summed E-state index contributed by atoms with van der Waals surface area (Å²) in [6.45, 7) is 2.07. The van der Waals surface area contributed by atoms with Gasteiger partial charge in [-0.25, -0.2) is 4.98 Å². The number of hydrogen-bond donors (Lipinski definition) is 1. The van der Waals surface area contributed by atoms with Gasteiger partial charge in [0.2, 0.25) is 0 Å². The minimum absolute atomic E-state index is 0.569. The number of nitrogens with zero attached hydrogens (tertiary/aromatic N) is 2. The zero-order valence-electron chi connectivity index (χ0n) is 8.64. The van der Waals surface area contributed by atoms with Gasteiger partial charge < -0.3 is 5.73 Å². The molecular formula is C12H13N3. The van der Waals surface area contributed by atoms with Gasteiger partial charge in [-0.2, -0.15) is 0 Å². The van der Waals surface area contributed by atoms with Crippen LogP contribution >= 0.6 is 0 Å². The first kappa shape index (κ1) is 9.65. The Bertz CT molecular complexity index is 452. The maximum Gasteiger partial charge on any atom is 0.123 e. The SMILES string of the molecule is CCc1nc(N)ccc1-c1cccnc1. The topological polar surface area (TPSA) is 51.8 Å². The van der Waals surface area contributed by atoms with Crippen LogP contribution < -0.4 is 5.73 Å². The largest absolute Gasteiger partial charge is 0.384 e. The molecule has 0 aliphatic rings. The van der Waals surface area contributed by atoms with E-state index in [-0.39, 0.29) is 0 Å². The molecule has 0 fully saturated rings. The van der Waals surface area contributed by atoms with Crippen LogP contribution in [0.1, 0.15) is 12.6 Å². The van der Waals surface area contributed by atoms with E-state index in [9.17, 15) is 0 Å². The van der Waals surface area contributed by atoms with Crippen molar-refractivity contribution in [2.24, 2.45) is 0 Å². The van der Waals surface area contributed by atoms with Crippen molar-refractivity contribution in [1.29, 1.82) is 0 Å². The fourth-order valence-electron chi connectivity index (χ4n) is 1.57. The molecule has 2 N–H and O–H groups in total. The number of nitrogens with two attached hydrogens (primary N) is 1. The van der Waals surface area contributed by atoms with Crippen LogP contribution in [0.3, 0.4) is 0 Å². The second kappa shape index (κ2) is 4.09. The Kier molecular flexibility index (Phi) is 2.63. The smallest absolute Gasteiger partial charge is 0.123 e. The van der Waals surface area contributed by atoms with Gasteiger partial charge in [0.1, 0.15) is 5.82 Å². The number of aryl methyl sites for hydroxylation is 1. The first-order valence-electron chi connectivity index (χ1n) is 4.97. The summed E-state index contributed by atoms with van der Waals surface area (Å²) in [5.41, 5.74) is 8.87. The molecule has 15 heavy (non-hydrogen) atoms. The highest BCUT2D eigenvalue weighted by atomic mass is 14.8. The Balaban J connectivity index is 2.53. The van der Waals surface area contributed by atoms with E-state index in [1.54, 1.807) is 6.20 Å². The molecule has 2 aromatic rings. The average Bonchev–Trinajstić information content (AvgIpc) is 2.30. The van der Waals surface area contributed by atoms with E-state index in [4.69, 9.17) is 5.73 Å². The quantitative estimate of drug-likeness (QED) is 0.807. The van der Waals surface area contributed by atoms with Crippen LogP contribution in [0.15, 0.2) is 36.7 Å². The summed E-state index contributed by atoms with van der Waals surface area (Å²) in [5, 5.41) is 0. The molecule has 2 aromatic heterocycles. The summed E-state index contributed by atoms with van der Waals surface area (Å²) in [6, 6.07) is 7.77. The first-order chi connectivity index (χ1) is 7.31. The van der Waals surface area contributed by atoms with Crippen molar-refractivity contribution in [3.63, 3.8) is 0 Å². The van der Waals surface area contributed by atoms with Gasteiger partial charge in [0.25, 0.3) is 0 Å². The normalized spacial score (nSPS) is 10.2. The molecule has 0 spiro atoms. The van der Waals surface area contributed by atoms with Crippen molar-refractivity contribution >= 4 is 5.82 Å². The average molecular weight is 199 g/mol. The second-order valence-corrected chi connectivity index (χ2v) is 3.33. The van der Waals surface area contributed by atoms with Gasteiger partial charge in [-0.3, -0.25) is 4.98 Å². The molecule has 3 heteroatoms. The van der Waals surface area contributed by atoms with Gasteiger partial charge in [0.05, 0.1) is 5.69 Å². The van der Waals surface area contributed by atoms with E-state index in [1.807, 2.05) is 30.5 Å². The Labute approximate surface area is 89.0 Å². The minimum Gasteiger partial charge on any atom is -0.384 e. The Hall–Kier alpha value is -1.90. The molecule has 0 unspecified atom stereocenters. The number of pyridine rings is 2. The second-order valence-electron chi connectivity index (χ2n) is 3.33. The standard InChI is InChI=1S/C12H13N3/c1-2-11-10(5-6-12(13)15-11)9-4-3-7-14-8-9/h3-8H,2H2,1H3,(H2,13,15). The highest BCUT2D eigenvalue weighted by molar-refractivity contribution is 5.66. The molecule has 2 heterocycles. The molecular weight excluding hydrogens is 186 g/mol. The molecule has 0 aliphatic heterocycles. The molecule has 0 saturated carbocycles. The third-order valence-electron chi connectivity index (χ3n) is 2.30. The van der Waals surface area contributed by atoms with Crippen LogP contribution in [0.25, 0.3) is 11.1 Å². The summed E-state index contributed by atoms with van der Waals surface area (Å²) in [4.78, 5) is 8.42.